The van der Waals surface area contributed by atoms with Gasteiger partial charge >= 0.3 is 5.97 Å². The quantitative estimate of drug-likeness (QED) is 0.198. The smallest absolute Gasteiger partial charge is 0.335 e. The largest absolute Gasteiger partial charge is 0.484 e. The average molecular weight is 590 g/mol. The molecule has 2 aromatic heterocycles. The highest BCUT2D eigenvalue weighted by atomic mass is 35.5. The van der Waals surface area contributed by atoms with Crippen LogP contribution in [0.15, 0.2) is 72.8 Å². The monoisotopic (exact) mass is 589 g/mol. The van der Waals surface area contributed by atoms with Crippen LogP contribution in [-0.2, 0) is 24.3 Å². The van der Waals surface area contributed by atoms with E-state index in [0.29, 0.717) is 52.5 Å². The number of fused-ring (bicyclic) bond motifs is 1. The van der Waals surface area contributed by atoms with Crippen LogP contribution in [0.5, 0.6) is 5.75 Å². The number of hydrogen-bond donors (Lipinski definition) is 1. The Bertz CT molecular complexity index is 1790. The topological polar surface area (TPSA) is 86.5 Å². The molecule has 0 saturated carbocycles. The molecule has 1 saturated heterocycles. The number of carbonyl (C=O) groups is 1. The molecule has 10 heteroatoms. The van der Waals surface area contributed by atoms with Crippen LogP contribution in [0.4, 0.5) is 8.78 Å². The van der Waals surface area contributed by atoms with Crippen LogP contribution in [0.2, 0.25) is 5.02 Å². The van der Waals surface area contributed by atoms with Crippen molar-refractivity contribution in [2.75, 3.05) is 6.61 Å². The normalized spacial score (nSPS) is 14.9. The zero-order valence-corrected chi connectivity index (χ0v) is 23.2. The van der Waals surface area contributed by atoms with E-state index in [2.05, 4.69) is 4.98 Å². The Labute approximate surface area is 245 Å². The lowest BCUT2D eigenvalue weighted by atomic mass is 10.0. The molecule has 214 valence electrons. The van der Waals surface area contributed by atoms with E-state index in [1.165, 1.54) is 24.3 Å². The van der Waals surface area contributed by atoms with Crippen molar-refractivity contribution in [3.05, 3.63) is 112 Å². The van der Waals surface area contributed by atoms with Gasteiger partial charge in [-0.25, -0.2) is 23.5 Å². The lowest BCUT2D eigenvalue weighted by Gasteiger charge is -2.15. The molecule has 5 aromatic rings. The highest BCUT2D eigenvalue weighted by Gasteiger charge is 2.21. The van der Waals surface area contributed by atoms with Crippen LogP contribution in [0, 0.1) is 11.6 Å². The summed E-state index contributed by atoms with van der Waals surface area (Å²) in [6, 6.07) is 19.2. The predicted octanol–water partition coefficient (Wildman–Crippen LogP) is 7.08. The fourth-order valence-corrected chi connectivity index (χ4v) is 5.28. The zero-order valence-electron chi connectivity index (χ0n) is 22.4. The first-order valence-electron chi connectivity index (χ1n) is 13.5. The van der Waals surface area contributed by atoms with Crippen molar-refractivity contribution in [1.82, 2.24) is 14.5 Å². The van der Waals surface area contributed by atoms with Crippen molar-refractivity contribution in [1.29, 1.82) is 0 Å². The van der Waals surface area contributed by atoms with Gasteiger partial charge in [-0.05, 0) is 73.0 Å². The first kappa shape index (κ1) is 27.8. The Morgan fingerprint density at radius 2 is 1.93 bits per heavy atom. The van der Waals surface area contributed by atoms with E-state index in [0.717, 1.165) is 12.8 Å². The average Bonchev–Trinajstić information content (AvgIpc) is 3.61. The molecule has 0 amide bonds. The number of benzene rings is 3. The Balaban J connectivity index is 1.24. The van der Waals surface area contributed by atoms with Crippen molar-refractivity contribution in [3.8, 4) is 17.0 Å². The van der Waals surface area contributed by atoms with E-state index in [4.69, 9.17) is 26.1 Å². The van der Waals surface area contributed by atoms with Gasteiger partial charge in [0.1, 0.15) is 18.2 Å². The number of pyridine rings is 1. The van der Waals surface area contributed by atoms with Gasteiger partial charge in [0, 0.05) is 23.6 Å². The standard InChI is InChI=1S/C32H26ClF2N3O4/c33-22-9-11-30(26(35)16-22)42-18-23-3-1-5-27(36-23)20-7-6-19(25(34)13-20)15-31-37-28-10-8-21(32(39)40)14-29(28)38(31)17-24-4-2-12-41-24/h1,3,5-11,13-14,16,24H,2,4,12,15,17-18H2,(H,39,40)/t24-/m1/s1. The van der Waals surface area contributed by atoms with E-state index >= 15 is 4.39 Å². The number of aromatic carboxylic acids is 1. The number of hydrogen-bond acceptors (Lipinski definition) is 5. The number of carboxylic acid groups (broad SMARTS) is 1. The van der Waals surface area contributed by atoms with Gasteiger partial charge in [-0.3, -0.25) is 0 Å². The highest BCUT2D eigenvalue weighted by molar-refractivity contribution is 6.30. The molecule has 0 radical (unpaired) electrons. The summed E-state index contributed by atoms with van der Waals surface area (Å²) in [5, 5.41) is 9.78. The van der Waals surface area contributed by atoms with E-state index in [1.807, 2.05) is 4.57 Å². The molecule has 0 unspecified atom stereocenters. The minimum atomic E-state index is -1.02. The number of halogens is 3. The second kappa shape index (κ2) is 11.9. The summed E-state index contributed by atoms with van der Waals surface area (Å²) in [6.07, 6.45) is 2.05. The lowest BCUT2D eigenvalue weighted by Crippen LogP contribution is -2.17. The summed E-state index contributed by atoms with van der Waals surface area (Å²) in [5.74, 6) is -1.32. The molecule has 1 fully saturated rings. The second-order valence-corrected chi connectivity index (χ2v) is 10.6. The van der Waals surface area contributed by atoms with Gasteiger partial charge < -0.3 is 19.1 Å². The molecule has 1 aliphatic rings. The number of aromatic nitrogens is 3. The van der Waals surface area contributed by atoms with Gasteiger partial charge in [-0.1, -0.05) is 29.8 Å². The van der Waals surface area contributed by atoms with Crippen LogP contribution in [-0.4, -0.2) is 38.3 Å². The molecule has 1 N–H and O–H groups in total. The fraction of sp³-hybridized carbons (Fsp3) is 0.219. The summed E-state index contributed by atoms with van der Waals surface area (Å²) < 4.78 is 42.9. The summed E-state index contributed by atoms with van der Waals surface area (Å²) in [4.78, 5) is 20.9. The molecule has 0 aliphatic carbocycles. The van der Waals surface area contributed by atoms with Crippen LogP contribution in [0.25, 0.3) is 22.3 Å². The van der Waals surface area contributed by atoms with Crippen molar-refractivity contribution < 1.29 is 28.2 Å². The maximum Gasteiger partial charge on any atom is 0.335 e. The Kier molecular flexibility index (Phi) is 7.86. The van der Waals surface area contributed by atoms with Crippen molar-refractivity contribution in [2.45, 2.75) is 38.5 Å². The fourth-order valence-electron chi connectivity index (χ4n) is 5.12. The minimum Gasteiger partial charge on any atom is -0.484 e. The van der Waals surface area contributed by atoms with Crippen molar-refractivity contribution in [2.24, 2.45) is 0 Å². The molecule has 3 heterocycles. The molecule has 0 bridgehead atoms. The highest BCUT2D eigenvalue weighted by Crippen LogP contribution is 2.27. The van der Waals surface area contributed by atoms with Gasteiger partial charge in [0.15, 0.2) is 11.6 Å². The van der Waals surface area contributed by atoms with Gasteiger partial charge in [0.25, 0.3) is 0 Å². The van der Waals surface area contributed by atoms with Gasteiger partial charge in [0.2, 0.25) is 0 Å². The first-order chi connectivity index (χ1) is 20.3. The van der Waals surface area contributed by atoms with Crippen molar-refractivity contribution in [3.63, 3.8) is 0 Å². The number of imidazole rings is 1. The SMILES string of the molecule is O=C(O)c1ccc2nc(Cc3ccc(-c4cccc(COc5ccc(Cl)cc5F)n4)cc3F)n(C[C@H]3CCCO3)c2c1. The summed E-state index contributed by atoms with van der Waals surface area (Å²) >= 11 is 5.80. The summed E-state index contributed by atoms with van der Waals surface area (Å²) in [6.45, 7) is 1.22. The zero-order chi connectivity index (χ0) is 29.2. The predicted molar refractivity (Wildman–Crippen MR) is 154 cm³/mol. The van der Waals surface area contributed by atoms with Gasteiger partial charge in [-0.2, -0.15) is 0 Å². The van der Waals surface area contributed by atoms with Crippen LogP contribution < -0.4 is 4.74 Å². The van der Waals surface area contributed by atoms with Crippen LogP contribution in [0.3, 0.4) is 0 Å². The van der Waals surface area contributed by atoms with Gasteiger partial charge in [-0.15, -0.1) is 0 Å². The molecule has 42 heavy (non-hydrogen) atoms. The molecule has 1 aliphatic heterocycles. The molecule has 3 aromatic carbocycles. The van der Waals surface area contributed by atoms with E-state index in [-0.39, 0.29) is 35.5 Å². The maximum absolute atomic E-state index is 15.5. The summed E-state index contributed by atoms with van der Waals surface area (Å²) in [7, 11) is 0. The Hall–Kier alpha value is -4.34. The molecule has 1 atom stereocenters. The second-order valence-electron chi connectivity index (χ2n) is 10.1. The molecule has 7 nitrogen and oxygen atoms in total. The number of carboxylic acids is 1. The number of rotatable bonds is 9. The van der Waals surface area contributed by atoms with E-state index in [1.54, 1.807) is 48.5 Å². The number of nitrogens with zero attached hydrogens (tertiary/aromatic N) is 3. The van der Waals surface area contributed by atoms with Gasteiger partial charge in [0.05, 0.1) is 40.6 Å². The Morgan fingerprint density at radius 1 is 1.05 bits per heavy atom. The molecular weight excluding hydrogens is 564 g/mol. The first-order valence-corrected chi connectivity index (χ1v) is 13.9. The maximum atomic E-state index is 15.5. The lowest BCUT2D eigenvalue weighted by molar-refractivity contribution is 0.0697. The van der Waals surface area contributed by atoms with Crippen LogP contribution in [0.1, 0.15) is 40.3 Å². The summed E-state index contributed by atoms with van der Waals surface area (Å²) in [5.41, 5.74) is 3.61. The third-order valence-electron chi connectivity index (χ3n) is 7.26. The molecule has 6 rings (SSSR count). The third kappa shape index (κ3) is 5.98. The molecular formula is C32H26ClF2N3O4. The Morgan fingerprint density at radius 3 is 2.69 bits per heavy atom. The van der Waals surface area contributed by atoms with E-state index < -0.39 is 17.6 Å². The van der Waals surface area contributed by atoms with Crippen molar-refractivity contribution >= 4 is 28.6 Å². The van der Waals surface area contributed by atoms with E-state index in [9.17, 15) is 14.3 Å². The minimum absolute atomic E-state index is 0.0135. The third-order valence-corrected chi connectivity index (χ3v) is 7.49. The number of ether oxygens (including phenoxy) is 2. The van der Waals surface area contributed by atoms with Crippen LogP contribution >= 0.6 is 11.6 Å². The molecule has 0 spiro atoms.